The Morgan fingerprint density at radius 2 is 1.76 bits per heavy atom. The first kappa shape index (κ1) is 21.7. The van der Waals surface area contributed by atoms with E-state index < -0.39 is 0 Å². The van der Waals surface area contributed by atoms with Crippen molar-refractivity contribution in [1.29, 1.82) is 5.26 Å². The van der Waals surface area contributed by atoms with Crippen LogP contribution in [0, 0.1) is 25.7 Å². The molecule has 1 aliphatic carbocycles. The number of ether oxygens (including phenoxy) is 1. The van der Waals surface area contributed by atoms with E-state index in [2.05, 4.69) is 60.9 Å². The number of hydrogen-bond acceptors (Lipinski definition) is 3. The number of nitriles is 1. The van der Waals surface area contributed by atoms with E-state index >= 15 is 0 Å². The first-order valence-corrected chi connectivity index (χ1v) is 10.7. The van der Waals surface area contributed by atoms with Gasteiger partial charge in [-0.25, -0.2) is 4.79 Å². The van der Waals surface area contributed by atoms with Crippen LogP contribution in [0.1, 0.15) is 33.3 Å². The van der Waals surface area contributed by atoms with Gasteiger partial charge in [-0.05, 0) is 59.0 Å². The van der Waals surface area contributed by atoms with E-state index in [1.807, 2.05) is 30.3 Å². The molecule has 0 heterocycles. The predicted octanol–water partition coefficient (Wildman–Crippen LogP) is 5.82. The van der Waals surface area contributed by atoms with Crippen LogP contribution in [-0.4, -0.2) is 18.2 Å². The Hall–Kier alpha value is -1.98. The second-order valence-electron chi connectivity index (χ2n) is 8.43. The number of hydrogen-bond donors (Lipinski definition) is 2. The molecule has 0 spiro atoms. The maximum atomic E-state index is 12.5. The monoisotopic (exact) mass is 523 g/mol. The second kappa shape index (κ2) is 8.04. The minimum Gasteiger partial charge on any atom is -0.489 e. The molecule has 1 aliphatic rings. The van der Waals surface area contributed by atoms with Gasteiger partial charge in [-0.3, -0.25) is 0 Å². The van der Waals surface area contributed by atoms with Crippen LogP contribution in [0.5, 0.6) is 5.75 Å². The second-order valence-corrected chi connectivity index (χ2v) is 10.1. The lowest BCUT2D eigenvalue weighted by atomic mass is 9.49. The fraction of sp³-hybridized carbons (Fsp3) is 0.364. The molecule has 0 aromatic heterocycles. The average Bonchev–Trinajstić information content (AvgIpc) is 2.66. The summed E-state index contributed by atoms with van der Waals surface area (Å²) in [4.78, 5) is 12.5. The number of urea groups is 1. The van der Waals surface area contributed by atoms with Gasteiger partial charge in [-0.15, -0.1) is 0 Å². The highest BCUT2D eigenvalue weighted by Gasteiger charge is 2.64. The van der Waals surface area contributed by atoms with Gasteiger partial charge in [0.05, 0.1) is 10.6 Å². The number of carbonyl (C=O) groups is 1. The van der Waals surface area contributed by atoms with E-state index in [-0.39, 0.29) is 29.0 Å². The van der Waals surface area contributed by atoms with Crippen LogP contribution in [0.3, 0.4) is 0 Å². The lowest BCUT2D eigenvalue weighted by Gasteiger charge is -2.63. The normalized spacial score (nSPS) is 21.4. The standard InChI is InChI=1S/C22H23ClIN3O2/c1-21(2)18(27-20(28)26-15-8-6-14(24)7-9-15)22(3,4)19(21)29-16-10-5-13(12-25)17(23)11-16/h5-11,18-19H,1-4H3,(H2,26,27,28)/t18-,19-. The maximum Gasteiger partial charge on any atom is 0.319 e. The highest BCUT2D eigenvalue weighted by atomic mass is 127. The lowest BCUT2D eigenvalue weighted by molar-refractivity contribution is -0.163. The minimum atomic E-state index is -0.298. The smallest absolute Gasteiger partial charge is 0.319 e. The van der Waals surface area contributed by atoms with Crippen molar-refractivity contribution in [2.45, 2.75) is 39.8 Å². The van der Waals surface area contributed by atoms with Crippen molar-refractivity contribution >= 4 is 45.9 Å². The van der Waals surface area contributed by atoms with Crippen LogP contribution in [0.15, 0.2) is 42.5 Å². The van der Waals surface area contributed by atoms with Crippen molar-refractivity contribution in [2.75, 3.05) is 5.32 Å². The molecule has 2 N–H and O–H groups in total. The van der Waals surface area contributed by atoms with Gasteiger partial charge in [0, 0.05) is 32.2 Å². The third kappa shape index (κ3) is 4.31. The first-order valence-electron chi connectivity index (χ1n) is 9.25. The van der Waals surface area contributed by atoms with Crippen LogP contribution in [0.4, 0.5) is 10.5 Å². The molecular weight excluding hydrogens is 501 g/mol. The molecule has 2 aromatic rings. The quantitative estimate of drug-likeness (QED) is 0.496. The van der Waals surface area contributed by atoms with Gasteiger partial charge in [0.15, 0.2) is 0 Å². The van der Waals surface area contributed by atoms with Gasteiger partial charge < -0.3 is 15.4 Å². The molecule has 0 atom stereocenters. The number of rotatable bonds is 4. The van der Waals surface area contributed by atoms with Gasteiger partial charge >= 0.3 is 6.03 Å². The number of amides is 2. The fourth-order valence-electron chi connectivity index (χ4n) is 4.43. The van der Waals surface area contributed by atoms with Crippen molar-refractivity contribution in [1.82, 2.24) is 5.32 Å². The Balaban J connectivity index is 1.69. The topological polar surface area (TPSA) is 74.2 Å². The molecule has 0 unspecified atom stereocenters. The zero-order valence-corrected chi connectivity index (χ0v) is 19.6. The molecule has 152 valence electrons. The Morgan fingerprint density at radius 3 is 2.31 bits per heavy atom. The minimum absolute atomic E-state index is 0.0855. The Kier molecular flexibility index (Phi) is 6.02. The Morgan fingerprint density at radius 1 is 1.14 bits per heavy atom. The molecule has 0 aliphatic heterocycles. The molecule has 1 saturated carbocycles. The number of carbonyl (C=O) groups excluding carboxylic acids is 1. The average molecular weight is 524 g/mol. The summed E-state index contributed by atoms with van der Waals surface area (Å²) in [7, 11) is 0. The van der Waals surface area contributed by atoms with Crippen LogP contribution in [-0.2, 0) is 0 Å². The number of halogens is 2. The molecule has 0 saturated heterocycles. The van der Waals surface area contributed by atoms with E-state index in [9.17, 15) is 4.79 Å². The van der Waals surface area contributed by atoms with E-state index in [4.69, 9.17) is 21.6 Å². The summed E-state index contributed by atoms with van der Waals surface area (Å²) in [6.07, 6.45) is -0.136. The number of anilines is 1. The van der Waals surface area contributed by atoms with Crippen LogP contribution in [0.25, 0.3) is 0 Å². The van der Waals surface area contributed by atoms with Crippen molar-refractivity contribution in [3.63, 3.8) is 0 Å². The summed E-state index contributed by atoms with van der Waals surface area (Å²) >= 11 is 8.36. The molecule has 0 radical (unpaired) electrons. The third-order valence-corrected chi connectivity index (χ3v) is 6.56. The fourth-order valence-corrected chi connectivity index (χ4v) is 5.00. The zero-order chi connectivity index (χ0) is 21.4. The Labute approximate surface area is 189 Å². The van der Waals surface area contributed by atoms with Gasteiger partial charge in [-0.1, -0.05) is 39.3 Å². The predicted molar refractivity (Wildman–Crippen MR) is 123 cm³/mol. The van der Waals surface area contributed by atoms with E-state index in [1.54, 1.807) is 18.2 Å². The van der Waals surface area contributed by atoms with Crippen molar-refractivity contribution in [3.8, 4) is 11.8 Å². The first-order chi connectivity index (χ1) is 13.6. The number of nitrogens with zero attached hydrogens (tertiary/aromatic N) is 1. The number of benzene rings is 2. The molecule has 3 rings (SSSR count). The van der Waals surface area contributed by atoms with Crippen LogP contribution >= 0.6 is 34.2 Å². The van der Waals surface area contributed by atoms with E-state index in [1.165, 1.54) is 0 Å². The largest absolute Gasteiger partial charge is 0.489 e. The van der Waals surface area contributed by atoms with Gasteiger partial charge in [0.25, 0.3) is 0 Å². The summed E-state index contributed by atoms with van der Waals surface area (Å²) < 4.78 is 7.35. The number of nitrogens with one attached hydrogen (secondary N) is 2. The van der Waals surface area contributed by atoms with Crippen molar-refractivity contribution in [2.24, 2.45) is 10.8 Å². The zero-order valence-electron chi connectivity index (χ0n) is 16.7. The summed E-state index contributed by atoms with van der Waals surface area (Å²) in [5, 5.41) is 15.4. The van der Waals surface area contributed by atoms with Gasteiger partial charge in [-0.2, -0.15) is 5.26 Å². The lowest BCUT2D eigenvalue weighted by Crippen LogP contribution is -2.75. The molecule has 7 heteroatoms. The summed E-state index contributed by atoms with van der Waals surface area (Å²) in [6, 6.07) is 14.4. The SMILES string of the molecule is CC1(C)[C@H](NC(=O)Nc2ccc(I)cc2)C(C)(C)[C@H]1Oc1ccc(C#N)c(Cl)c1. The maximum absolute atomic E-state index is 12.5. The van der Waals surface area contributed by atoms with Crippen molar-refractivity contribution < 1.29 is 9.53 Å². The van der Waals surface area contributed by atoms with Gasteiger partial charge in [0.1, 0.15) is 17.9 Å². The third-order valence-electron chi connectivity index (χ3n) is 5.53. The molecule has 2 aromatic carbocycles. The molecule has 1 fully saturated rings. The summed E-state index contributed by atoms with van der Waals surface area (Å²) in [5.74, 6) is 0.613. The molecule has 29 heavy (non-hydrogen) atoms. The van der Waals surface area contributed by atoms with E-state index in [0.29, 0.717) is 16.3 Å². The molecule has 0 bridgehead atoms. The summed E-state index contributed by atoms with van der Waals surface area (Å²) in [5.41, 5.74) is 0.566. The highest BCUT2D eigenvalue weighted by Crippen LogP contribution is 2.55. The Bertz CT molecular complexity index is 951. The van der Waals surface area contributed by atoms with Crippen LogP contribution in [0.2, 0.25) is 5.02 Å². The van der Waals surface area contributed by atoms with E-state index in [0.717, 1.165) is 9.26 Å². The van der Waals surface area contributed by atoms with Gasteiger partial charge in [0.2, 0.25) is 0 Å². The van der Waals surface area contributed by atoms with Crippen LogP contribution < -0.4 is 15.4 Å². The summed E-state index contributed by atoms with van der Waals surface area (Å²) in [6.45, 7) is 8.29. The molecule has 2 amide bonds. The molecular formula is C22H23ClIN3O2. The molecule has 5 nitrogen and oxygen atoms in total. The van der Waals surface area contributed by atoms with Crippen molar-refractivity contribution in [3.05, 3.63) is 56.6 Å². The highest BCUT2D eigenvalue weighted by molar-refractivity contribution is 14.1.